The van der Waals surface area contributed by atoms with Crippen LogP contribution in [0.2, 0.25) is 0 Å². The Kier molecular flexibility index (Phi) is 4.23. The van der Waals surface area contributed by atoms with Gasteiger partial charge < -0.3 is 10.5 Å². The van der Waals surface area contributed by atoms with E-state index in [9.17, 15) is 0 Å². The zero-order chi connectivity index (χ0) is 13.0. The van der Waals surface area contributed by atoms with E-state index in [1.165, 1.54) is 25.7 Å². The van der Waals surface area contributed by atoms with Gasteiger partial charge in [-0.15, -0.1) is 0 Å². The lowest BCUT2D eigenvalue weighted by atomic mass is 9.74. The second-order valence-electron chi connectivity index (χ2n) is 5.44. The molecular weight excluding hydrogens is 224 g/mol. The van der Waals surface area contributed by atoms with Gasteiger partial charge in [-0.3, -0.25) is 4.98 Å². The Morgan fingerprint density at radius 3 is 2.78 bits per heavy atom. The molecule has 0 saturated heterocycles. The molecule has 0 aromatic carbocycles. The first-order chi connectivity index (χ1) is 8.69. The van der Waals surface area contributed by atoms with Crippen LogP contribution in [-0.2, 0) is 5.54 Å². The molecule has 3 heteroatoms. The highest BCUT2D eigenvalue weighted by molar-refractivity contribution is 5.33. The maximum Gasteiger partial charge on any atom is 0.142 e. The first kappa shape index (κ1) is 13.3. The SMILES string of the molecule is CCCC1CCC(N)(c2ncccc2OC)CC1. The molecular formula is C15H24N2O. The molecule has 0 aliphatic heterocycles. The van der Waals surface area contributed by atoms with E-state index in [1.54, 1.807) is 7.11 Å². The number of nitrogens with zero attached hydrogens (tertiary/aromatic N) is 1. The number of pyridine rings is 1. The van der Waals surface area contributed by atoms with Crippen LogP contribution in [0, 0.1) is 5.92 Å². The van der Waals surface area contributed by atoms with Crippen LogP contribution < -0.4 is 10.5 Å². The molecule has 2 N–H and O–H groups in total. The van der Waals surface area contributed by atoms with Crippen molar-refractivity contribution in [2.24, 2.45) is 11.7 Å². The van der Waals surface area contributed by atoms with Crippen molar-refractivity contribution >= 4 is 0 Å². The average molecular weight is 248 g/mol. The van der Waals surface area contributed by atoms with Crippen LogP contribution >= 0.6 is 0 Å². The monoisotopic (exact) mass is 248 g/mol. The van der Waals surface area contributed by atoms with E-state index in [4.69, 9.17) is 10.5 Å². The van der Waals surface area contributed by atoms with Crippen LogP contribution in [-0.4, -0.2) is 12.1 Å². The van der Waals surface area contributed by atoms with E-state index in [2.05, 4.69) is 11.9 Å². The summed E-state index contributed by atoms with van der Waals surface area (Å²) in [5, 5.41) is 0. The van der Waals surface area contributed by atoms with Gasteiger partial charge in [0.25, 0.3) is 0 Å². The molecule has 2 rings (SSSR count). The van der Waals surface area contributed by atoms with E-state index >= 15 is 0 Å². The van der Waals surface area contributed by atoms with Crippen LogP contribution in [0.25, 0.3) is 0 Å². The quantitative estimate of drug-likeness (QED) is 0.890. The topological polar surface area (TPSA) is 48.1 Å². The van der Waals surface area contributed by atoms with Crippen molar-refractivity contribution in [1.82, 2.24) is 4.98 Å². The Morgan fingerprint density at radius 2 is 2.17 bits per heavy atom. The fraction of sp³-hybridized carbons (Fsp3) is 0.667. The van der Waals surface area contributed by atoms with Crippen LogP contribution in [0.15, 0.2) is 18.3 Å². The smallest absolute Gasteiger partial charge is 0.142 e. The normalized spacial score (nSPS) is 28.1. The second kappa shape index (κ2) is 5.70. The van der Waals surface area contributed by atoms with Crippen LogP contribution in [0.5, 0.6) is 5.75 Å². The molecule has 1 aliphatic carbocycles. The third-order valence-corrected chi connectivity index (χ3v) is 4.16. The van der Waals surface area contributed by atoms with Gasteiger partial charge in [0, 0.05) is 6.20 Å². The summed E-state index contributed by atoms with van der Waals surface area (Å²) in [7, 11) is 1.69. The maximum absolute atomic E-state index is 6.57. The minimum atomic E-state index is -0.295. The van der Waals surface area contributed by atoms with Crippen molar-refractivity contribution in [2.45, 2.75) is 51.0 Å². The number of rotatable bonds is 4. The van der Waals surface area contributed by atoms with Crippen LogP contribution in [0.3, 0.4) is 0 Å². The molecule has 0 unspecified atom stereocenters. The zero-order valence-electron chi connectivity index (χ0n) is 11.5. The zero-order valence-corrected chi connectivity index (χ0v) is 11.5. The molecule has 18 heavy (non-hydrogen) atoms. The molecule has 0 atom stereocenters. The molecule has 1 fully saturated rings. The predicted molar refractivity (Wildman–Crippen MR) is 73.5 cm³/mol. The van der Waals surface area contributed by atoms with Crippen molar-refractivity contribution in [3.8, 4) is 5.75 Å². The summed E-state index contributed by atoms with van der Waals surface area (Å²) in [4.78, 5) is 4.47. The Balaban J connectivity index is 2.13. The Labute approximate surface area is 110 Å². The van der Waals surface area contributed by atoms with Gasteiger partial charge in [0.15, 0.2) is 0 Å². The van der Waals surface area contributed by atoms with Crippen molar-refractivity contribution in [3.05, 3.63) is 24.0 Å². The van der Waals surface area contributed by atoms with E-state index in [0.717, 1.165) is 30.2 Å². The number of nitrogens with two attached hydrogens (primary N) is 1. The Hall–Kier alpha value is -1.09. The third kappa shape index (κ3) is 2.66. The van der Waals surface area contributed by atoms with E-state index in [-0.39, 0.29) is 5.54 Å². The molecule has 0 radical (unpaired) electrons. The first-order valence-corrected chi connectivity index (χ1v) is 6.98. The van der Waals surface area contributed by atoms with Gasteiger partial charge in [-0.05, 0) is 43.7 Å². The summed E-state index contributed by atoms with van der Waals surface area (Å²) < 4.78 is 5.40. The van der Waals surface area contributed by atoms with Crippen molar-refractivity contribution in [3.63, 3.8) is 0 Å². The molecule has 1 aromatic rings. The number of methoxy groups -OCH3 is 1. The highest BCUT2D eigenvalue weighted by Gasteiger charge is 2.36. The van der Waals surface area contributed by atoms with Crippen molar-refractivity contribution in [1.29, 1.82) is 0 Å². The summed E-state index contributed by atoms with van der Waals surface area (Å²) in [5.41, 5.74) is 7.21. The fourth-order valence-corrected chi connectivity index (χ4v) is 3.06. The van der Waals surface area contributed by atoms with E-state index in [1.807, 2.05) is 18.3 Å². The molecule has 100 valence electrons. The van der Waals surface area contributed by atoms with Gasteiger partial charge in [-0.1, -0.05) is 19.8 Å². The third-order valence-electron chi connectivity index (χ3n) is 4.16. The standard InChI is InChI=1S/C15H24N2O/c1-3-5-12-7-9-15(16,10-8-12)14-13(18-2)6-4-11-17-14/h4,6,11-12H,3,5,7-10,16H2,1-2H3. The lowest BCUT2D eigenvalue weighted by Crippen LogP contribution is -2.41. The maximum atomic E-state index is 6.57. The van der Waals surface area contributed by atoms with Gasteiger partial charge in [0.2, 0.25) is 0 Å². The minimum Gasteiger partial charge on any atom is -0.495 e. The first-order valence-electron chi connectivity index (χ1n) is 6.98. The van der Waals surface area contributed by atoms with Gasteiger partial charge in [-0.2, -0.15) is 0 Å². The molecule has 1 aliphatic rings. The van der Waals surface area contributed by atoms with E-state index < -0.39 is 0 Å². The number of ether oxygens (including phenoxy) is 1. The number of hydrogen-bond donors (Lipinski definition) is 1. The molecule has 0 spiro atoms. The number of aromatic nitrogens is 1. The minimum absolute atomic E-state index is 0.295. The second-order valence-corrected chi connectivity index (χ2v) is 5.44. The fourth-order valence-electron chi connectivity index (χ4n) is 3.06. The van der Waals surface area contributed by atoms with Gasteiger partial charge in [0.05, 0.1) is 12.6 Å². The number of hydrogen-bond acceptors (Lipinski definition) is 3. The largest absolute Gasteiger partial charge is 0.495 e. The summed E-state index contributed by atoms with van der Waals surface area (Å²) >= 11 is 0. The molecule has 0 bridgehead atoms. The highest BCUT2D eigenvalue weighted by atomic mass is 16.5. The van der Waals surface area contributed by atoms with Gasteiger partial charge in [-0.25, -0.2) is 0 Å². The van der Waals surface area contributed by atoms with E-state index in [0.29, 0.717) is 0 Å². The summed E-state index contributed by atoms with van der Waals surface area (Å²) in [6, 6.07) is 3.85. The summed E-state index contributed by atoms with van der Waals surface area (Å²) in [5.74, 6) is 1.68. The van der Waals surface area contributed by atoms with Gasteiger partial charge >= 0.3 is 0 Å². The lowest BCUT2D eigenvalue weighted by molar-refractivity contribution is 0.216. The molecule has 0 amide bonds. The highest BCUT2D eigenvalue weighted by Crippen LogP contribution is 2.41. The van der Waals surface area contributed by atoms with Gasteiger partial charge in [0.1, 0.15) is 11.4 Å². The lowest BCUT2D eigenvalue weighted by Gasteiger charge is -2.37. The Morgan fingerprint density at radius 1 is 1.44 bits per heavy atom. The predicted octanol–water partition coefficient (Wildman–Crippen LogP) is 3.23. The van der Waals surface area contributed by atoms with Crippen LogP contribution in [0.4, 0.5) is 0 Å². The van der Waals surface area contributed by atoms with Crippen molar-refractivity contribution in [2.75, 3.05) is 7.11 Å². The molecule has 1 saturated carbocycles. The van der Waals surface area contributed by atoms with Crippen molar-refractivity contribution < 1.29 is 4.74 Å². The van der Waals surface area contributed by atoms with Crippen LogP contribution in [0.1, 0.15) is 51.1 Å². The summed E-state index contributed by atoms with van der Waals surface area (Å²) in [6.45, 7) is 2.26. The average Bonchev–Trinajstić information content (AvgIpc) is 2.42. The molecule has 3 nitrogen and oxygen atoms in total. The molecule has 1 aromatic heterocycles. The Bertz CT molecular complexity index is 384. The molecule has 1 heterocycles. The summed E-state index contributed by atoms with van der Waals surface area (Å²) in [6.07, 6.45) is 8.87.